The molecular formula is C27H32N2O2. The fourth-order valence-electron chi connectivity index (χ4n) is 5.14. The van der Waals surface area contributed by atoms with Crippen LogP contribution in [0, 0.1) is 11.3 Å². The van der Waals surface area contributed by atoms with E-state index in [4.69, 9.17) is 0 Å². The van der Waals surface area contributed by atoms with Crippen LogP contribution in [-0.4, -0.2) is 33.9 Å². The molecule has 4 nitrogen and oxygen atoms in total. The molecule has 0 fully saturated rings. The minimum Gasteiger partial charge on any atom is -0.508 e. The molecule has 2 atom stereocenters. The van der Waals surface area contributed by atoms with E-state index in [1.165, 1.54) is 16.7 Å². The summed E-state index contributed by atoms with van der Waals surface area (Å²) in [6, 6.07) is 16.0. The maximum atomic E-state index is 12.2. The van der Waals surface area contributed by atoms with E-state index in [-0.39, 0.29) is 23.1 Å². The number of nitrogens with zero attached hydrogens (tertiary/aromatic N) is 1. The Balaban J connectivity index is 1.64. The molecule has 1 heterocycles. The van der Waals surface area contributed by atoms with Crippen molar-refractivity contribution in [2.45, 2.75) is 46.2 Å². The third-order valence-corrected chi connectivity index (χ3v) is 6.68. The summed E-state index contributed by atoms with van der Waals surface area (Å²) >= 11 is 0. The molecule has 1 aliphatic rings. The molecule has 0 bridgehead atoms. The van der Waals surface area contributed by atoms with E-state index in [1.54, 1.807) is 6.07 Å². The Labute approximate surface area is 184 Å². The predicted molar refractivity (Wildman–Crippen MR) is 126 cm³/mol. The van der Waals surface area contributed by atoms with Gasteiger partial charge < -0.3 is 14.9 Å². The van der Waals surface area contributed by atoms with E-state index in [2.05, 4.69) is 61.0 Å². The maximum Gasteiger partial charge on any atom is 0.125 e. The lowest BCUT2D eigenvalue weighted by molar-refractivity contribution is -0.117. The second kappa shape index (κ2) is 8.72. The Morgan fingerprint density at radius 2 is 1.97 bits per heavy atom. The summed E-state index contributed by atoms with van der Waals surface area (Å²) in [5, 5.41) is 11.0. The number of hydrogen-bond acceptors (Lipinski definition) is 3. The molecule has 2 aromatic carbocycles. The highest BCUT2D eigenvalue weighted by Gasteiger charge is 2.40. The molecule has 4 heteroatoms. The van der Waals surface area contributed by atoms with Crippen LogP contribution in [0.5, 0.6) is 5.75 Å². The van der Waals surface area contributed by atoms with Gasteiger partial charge in [0.2, 0.25) is 0 Å². The summed E-state index contributed by atoms with van der Waals surface area (Å²) in [5.74, 6) is 0.232. The lowest BCUT2D eigenvalue weighted by Crippen LogP contribution is -2.48. The number of nitrogens with one attached hydrogen (secondary N) is 1. The van der Waals surface area contributed by atoms with E-state index in [0.29, 0.717) is 0 Å². The normalized spacial score (nSPS) is 20.7. The van der Waals surface area contributed by atoms with Gasteiger partial charge in [0.15, 0.2) is 0 Å². The molecule has 0 saturated carbocycles. The molecule has 4 rings (SSSR count). The van der Waals surface area contributed by atoms with E-state index < -0.39 is 0 Å². The summed E-state index contributed by atoms with van der Waals surface area (Å²) in [6.45, 7) is 8.21. The third kappa shape index (κ3) is 4.59. The fourth-order valence-corrected chi connectivity index (χ4v) is 5.14. The second-order valence-electron chi connectivity index (χ2n) is 9.58. The van der Waals surface area contributed by atoms with Gasteiger partial charge in [-0.05, 0) is 54.5 Å². The Bertz CT molecular complexity index is 1080. The summed E-state index contributed by atoms with van der Waals surface area (Å²) in [7, 11) is 0. The number of aromatic nitrogens is 1. The van der Waals surface area contributed by atoms with E-state index in [9.17, 15) is 9.90 Å². The van der Waals surface area contributed by atoms with Gasteiger partial charge >= 0.3 is 0 Å². The van der Waals surface area contributed by atoms with Crippen molar-refractivity contribution in [3.8, 4) is 5.75 Å². The number of fused-ring (bicyclic) bond motifs is 1. The molecule has 31 heavy (non-hydrogen) atoms. The first-order chi connectivity index (χ1) is 14.9. The number of phenolic OH excluding ortho intramolecular Hbond substituents is 1. The minimum absolute atomic E-state index is 0.0491. The molecule has 0 amide bonds. The van der Waals surface area contributed by atoms with Crippen LogP contribution in [0.1, 0.15) is 38.3 Å². The van der Waals surface area contributed by atoms with Gasteiger partial charge in [-0.2, -0.15) is 0 Å². The van der Waals surface area contributed by atoms with Gasteiger partial charge in [-0.15, -0.1) is 0 Å². The minimum atomic E-state index is -0.0627. The molecule has 0 spiro atoms. The molecule has 2 unspecified atom stereocenters. The molecule has 0 radical (unpaired) electrons. The second-order valence-corrected chi connectivity index (χ2v) is 9.58. The zero-order valence-electron chi connectivity index (χ0n) is 18.6. The van der Waals surface area contributed by atoms with Gasteiger partial charge in [-0.25, -0.2) is 0 Å². The molecule has 0 aliphatic heterocycles. The number of H-pyrrole nitrogens is 1. The number of carbonyl (C=O) groups excluding carboxylic acids is 1. The number of aldehydes is 1. The first-order valence-corrected chi connectivity index (χ1v) is 11.1. The number of aromatic hydroxyl groups is 1. The smallest absolute Gasteiger partial charge is 0.125 e. The van der Waals surface area contributed by atoms with Crippen LogP contribution in [-0.2, 0) is 17.8 Å². The highest BCUT2D eigenvalue weighted by atomic mass is 16.3. The summed E-state index contributed by atoms with van der Waals surface area (Å²) < 4.78 is 0. The largest absolute Gasteiger partial charge is 0.508 e. The van der Waals surface area contributed by atoms with Crippen LogP contribution in [0.4, 0.5) is 0 Å². The molecule has 1 aromatic heterocycles. The van der Waals surface area contributed by atoms with Crippen molar-refractivity contribution < 1.29 is 9.90 Å². The van der Waals surface area contributed by atoms with Crippen LogP contribution < -0.4 is 0 Å². The zero-order valence-corrected chi connectivity index (χ0v) is 18.6. The predicted octanol–water partition coefficient (Wildman–Crippen LogP) is 5.48. The van der Waals surface area contributed by atoms with Crippen molar-refractivity contribution in [1.29, 1.82) is 0 Å². The summed E-state index contributed by atoms with van der Waals surface area (Å²) in [5.41, 5.74) is 4.75. The Kier molecular flexibility index (Phi) is 6.01. The number of rotatable bonds is 7. The third-order valence-electron chi connectivity index (χ3n) is 6.68. The number of hydrogen-bond donors (Lipinski definition) is 2. The monoisotopic (exact) mass is 416 g/mol. The first-order valence-electron chi connectivity index (χ1n) is 11.1. The fraction of sp³-hybridized carbons (Fsp3) is 0.370. The van der Waals surface area contributed by atoms with Crippen molar-refractivity contribution >= 4 is 17.2 Å². The van der Waals surface area contributed by atoms with Crippen molar-refractivity contribution in [3.63, 3.8) is 0 Å². The van der Waals surface area contributed by atoms with Crippen LogP contribution >= 0.6 is 0 Å². The number of aromatic amines is 1. The van der Waals surface area contributed by atoms with E-state index >= 15 is 0 Å². The van der Waals surface area contributed by atoms with E-state index in [0.717, 1.165) is 43.1 Å². The van der Waals surface area contributed by atoms with Crippen LogP contribution in [0.15, 0.2) is 66.4 Å². The molecule has 2 N–H and O–H groups in total. The van der Waals surface area contributed by atoms with Gasteiger partial charge in [-0.1, -0.05) is 55.8 Å². The van der Waals surface area contributed by atoms with Gasteiger partial charge in [0.05, 0.1) is 0 Å². The summed E-state index contributed by atoms with van der Waals surface area (Å²) in [6.07, 6.45) is 7.29. The molecule has 3 aromatic rings. The maximum absolute atomic E-state index is 12.2. The van der Waals surface area contributed by atoms with Crippen LogP contribution in [0.25, 0.3) is 10.9 Å². The Hall–Kier alpha value is -2.85. The SMILES string of the molecule is CC1=CC(N(CCc2c[nH]c3ccc(O)cc23)Cc2ccccc2)C(C=O)C(C)(C)C1. The Morgan fingerprint density at radius 3 is 2.71 bits per heavy atom. The molecule has 0 saturated heterocycles. The number of benzene rings is 2. The number of carbonyl (C=O) groups is 1. The molecule has 162 valence electrons. The molecule has 1 aliphatic carbocycles. The van der Waals surface area contributed by atoms with Gasteiger partial charge in [0.1, 0.15) is 12.0 Å². The van der Waals surface area contributed by atoms with Crippen molar-refractivity contribution in [2.24, 2.45) is 11.3 Å². The number of phenols is 1. The average Bonchev–Trinajstić information content (AvgIpc) is 3.12. The van der Waals surface area contributed by atoms with Crippen molar-refractivity contribution in [1.82, 2.24) is 9.88 Å². The van der Waals surface area contributed by atoms with Gasteiger partial charge in [0, 0.05) is 42.1 Å². The average molecular weight is 417 g/mol. The quantitative estimate of drug-likeness (QED) is 0.396. The van der Waals surface area contributed by atoms with Crippen LogP contribution in [0.2, 0.25) is 0 Å². The van der Waals surface area contributed by atoms with E-state index in [1.807, 2.05) is 24.4 Å². The lowest BCUT2D eigenvalue weighted by Gasteiger charge is -2.44. The van der Waals surface area contributed by atoms with Gasteiger partial charge in [0.25, 0.3) is 0 Å². The first kappa shape index (κ1) is 21.4. The molecular weight excluding hydrogens is 384 g/mol. The number of allylic oxidation sites excluding steroid dienone is 1. The van der Waals surface area contributed by atoms with Crippen molar-refractivity contribution in [2.75, 3.05) is 6.54 Å². The standard InChI is InChI=1S/C27H32N2O2/c1-19-13-26(24(18-30)27(2,3)15-19)29(17-20-7-5-4-6-8-20)12-11-21-16-28-25-10-9-22(31)14-23(21)25/h4-10,13-14,16,18,24,26,28,31H,11-12,15,17H2,1-3H3. The Morgan fingerprint density at radius 1 is 1.19 bits per heavy atom. The highest BCUT2D eigenvalue weighted by Crippen LogP contribution is 2.41. The zero-order chi connectivity index (χ0) is 22.0. The highest BCUT2D eigenvalue weighted by molar-refractivity contribution is 5.84. The summed E-state index contributed by atoms with van der Waals surface area (Å²) in [4.78, 5) is 18.0. The van der Waals surface area contributed by atoms with Crippen molar-refractivity contribution in [3.05, 3.63) is 77.5 Å². The topological polar surface area (TPSA) is 56.3 Å². The van der Waals surface area contributed by atoms with Crippen LogP contribution in [0.3, 0.4) is 0 Å². The lowest BCUT2D eigenvalue weighted by atomic mass is 9.67. The van der Waals surface area contributed by atoms with Gasteiger partial charge in [-0.3, -0.25) is 4.90 Å².